The van der Waals surface area contributed by atoms with Crippen molar-refractivity contribution in [2.75, 3.05) is 19.6 Å². The van der Waals surface area contributed by atoms with E-state index in [0.29, 0.717) is 12.2 Å². The fraction of sp³-hybridized carbons (Fsp3) is 0.350. The molecule has 132 valence electrons. The number of nitrogens with two attached hydrogens (primary N) is 1. The number of benzene rings is 2. The molecule has 2 N–H and O–H groups in total. The van der Waals surface area contributed by atoms with Crippen LogP contribution in [0.15, 0.2) is 48.5 Å². The third-order valence-electron chi connectivity index (χ3n) is 4.43. The van der Waals surface area contributed by atoms with Crippen LogP contribution in [0.2, 0.25) is 0 Å². The van der Waals surface area contributed by atoms with Gasteiger partial charge in [-0.1, -0.05) is 24.3 Å². The van der Waals surface area contributed by atoms with Crippen LogP contribution in [0.1, 0.15) is 35.6 Å². The summed E-state index contributed by atoms with van der Waals surface area (Å²) < 4.78 is 5.87. The summed E-state index contributed by atoms with van der Waals surface area (Å²) in [6.07, 6.45) is 2.56. The standard InChI is InChI=1S/C20H23N3O.H2S/c21-13-16-6-8-17(9-7-16)15-24-19-5-3-4-18(12-19)20(22)14-23-10-1-2-11-23;/h3-9,12,20H,1-2,10-11,14-15,22H2;1H2/t20-;/m1./s1. The highest BCUT2D eigenvalue weighted by Crippen LogP contribution is 2.21. The van der Waals surface area contributed by atoms with E-state index < -0.39 is 0 Å². The van der Waals surface area contributed by atoms with Crippen LogP contribution in [-0.2, 0) is 6.61 Å². The van der Waals surface area contributed by atoms with Crippen molar-refractivity contribution >= 4 is 13.5 Å². The Hall–Kier alpha value is -2.00. The molecule has 0 aromatic heterocycles. The highest BCUT2D eigenvalue weighted by molar-refractivity contribution is 7.59. The molecule has 1 saturated heterocycles. The van der Waals surface area contributed by atoms with Gasteiger partial charge in [0.25, 0.3) is 0 Å². The predicted octanol–water partition coefficient (Wildman–Crippen LogP) is 3.35. The van der Waals surface area contributed by atoms with Gasteiger partial charge in [0.15, 0.2) is 0 Å². The van der Waals surface area contributed by atoms with Crippen molar-refractivity contribution in [2.45, 2.75) is 25.5 Å². The largest absolute Gasteiger partial charge is 0.489 e. The van der Waals surface area contributed by atoms with E-state index in [1.165, 1.54) is 12.8 Å². The van der Waals surface area contributed by atoms with Crippen molar-refractivity contribution in [1.82, 2.24) is 4.90 Å². The van der Waals surface area contributed by atoms with E-state index in [0.717, 1.165) is 36.5 Å². The number of hydrogen-bond acceptors (Lipinski definition) is 4. The topological polar surface area (TPSA) is 62.3 Å². The molecule has 4 nitrogen and oxygen atoms in total. The van der Waals surface area contributed by atoms with E-state index in [4.69, 9.17) is 15.7 Å². The lowest BCUT2D eigenvalue weighted by Gasteiger charge is -2.20. The Balaban J connectivity index is 0.00000225. The number of rotatable bonds is 6. The maximum absolute atomic E-state index is 8.82. The number of hydrogen-bond donors (Lipinski definition) is 1. The summed E-state index contributed by atoms with van der Waals surface area (Å²) in [7, 11) is 0. The van der Waals surface area contributed by atoms with Crippen LogP contribution in [0.4, 0.5) is 0 Å². The van der Waals surface area contributed by atoms with Gasteiger partial charge < -0.3 is 15.4 Å². The van der Waals surface area contributed by atoms with Crippen molar-refractivity contribution in [2.24, 2.45) is 5.73 Å². The molecule has 2 aromatic rings. The van der Waals surface area contributed by atoms with Gasteiger partial charge in [-0.05, 0) is 61.3 Å². The average molecular weight is 356 g/mol. The van der Waals surface area contributed by atoms with Crippen molar-refractivity contribution < 1.29 is 4.74 Å². The zero-order chi connectivity index (χ0) is 16.8. The minimum Gasteiger partial charge on any atom is -0.489 e. The summed E-state index contributed by atoms with van der Waals surface area (Å²) in [5.41, 5.74) is 9.17. The highest BCUT2D eigenvalue weighted by Gasteiger charge is 2.16. The Morgan fingerprint density at radius 2 is 1.84 bits per heavy atom. The lowest BCUT2D eigenvalue weighted by Crippen LogP contribution is -2.29. The van der Waals surface area contributed by atoms with E-state index in [2.05, 4.69) is 17.0 Å². The Bertz CT molecular complexity index is 706. The summed E-state index contributed by atoms with van der Waals surface area (Å²) in [6.45, 7) is 3.70. The van der Waals surface area contributed by atoms with Gasteiger partial charge in [0.2, 0.25) is 0 Å². The minimum atomic E-state index is 0. The van der Waals surface area contributed by atoms with Gasteiger partial charge in [0.1, 0.15) is 12.4 Å². The molecule has 1 heterocycles. The fourth-order valence-corrected chi connectivity index (χ4v) is 3.03. The van der Waals surface area contributed by atoms with Gasteiger partial charge in [-0.2, -0.15) is 18.8 Å². The van der Waals surface area contributed by atoms with E-state index in [1.54, 1.807) is 12.1 Å². The molecule has 1 fully saturated rings. The second kappa shape index (κ2) is 9.47. The maximum Gasteiger partial charge on any atom is 0.120 e. The molecule has 5 heteroatoms. The van der Waals surface area contributed by atoms with Gasteiger partial charge in [0, 0.05) is 12.6 Å². The van der Waals surface area contributed by atoms with Crippen LogP contribution < -0.4 is 10.5 Å². The Morgan fingerprint density at radius 1 is 1.12 bits per heavy atom. The second-order valence-corrected chi connectivity index (χ2v) is 6.28. The normalized spacial score (nSPS) is 15.2. The summed E-state index contributed by atoms with van der Waals surface area (Å²) in [5.74, 6) is 0.828. The van der Waals surface area contributed by atoms with E-state index >= 15 is 0 Å². The van der Waals surface area contributed by atoms with Crippen LogP contribution in [-0.4, -0.2) is 24.5 Å². The van der Waals surface area contributed by atoms with Crippen molar-refractivity contribution in [3.63, 3.8) is 0 Å². The molecule has 25 heavy (non-hydrogen) atoms. The zero-order valence-electron chi connectivity index (χ0n) is 14.3. The first-order chi connectivity index (χ1) is 11.7. The average Bonchev–Trinajstić information content (AvgIpc) is 3.13. The third-order valence-corrected chi connectivity index (χ3v) is 4.43. The molecular formula is C20H25N3OS. The third kappa shape index (κ3) is 5.50. The van der Waals surface area contributed by atoms with Gasteiger partial charge in [-0.3, -0.25) is 0 Å². The first kappa shape index (κ1) is 19.3. The van der Waals surface area contributed by atoms with Crippen LogP contribution in [0, 0.1) is 11.3 Å². The highest BCUT2D eigenvalue weighted by atomic mass is 32.1. The van der Waals surface area contributed by atoms with Crippen molar-refractivity contribution in [3.05, 3.63) is 65.2 Å². The minimum absolute atomic E-state index is 0. The molecule has 1 atom stereocenters. The second-order valence-electron chi connectivity index (χ2n) is 6.28. The predicted molar refractivity (Wildman–Crippen MR) is 105 cm³/mol. The molecule has 0 unspecified atom stereocenters. The zero-order valence-corrected chi connectivity index (χ0v) is 15.3. The van der Waals surface area contributed by atoms with Crippen LogP contribution >= 0.6 is 13.5 Å². The Kier molecular flexibility index (Phi) is 7.32. The number of nitriles is 1. The quantitative estimate of drug-likeness (QED) is 0.863. The van der Waals surface area contributed by atoms with E-state index in [-0.39, 0.29) is 19.5 Å². The summed E-state index contributed by atoms with van der Waals surface area (Å²) in [6, 6.07) is 17.6. The molecule has 0 saturated carbocycles. The molecule has 0 aliphatic carbocycles. The van der Waals surface area contributed by atoms with Gasteiger partial charge in [-0.15, -0.1) is 0 Å². The summed E-state index contributed by atoms with van der Waals surface area (Å²) in [4.78, 5) is 2.43. The molecule has 0 radical (unpaired) electrons. The number of likely N-dealkylation sites (tertiary alicyclic amines) is 1. The first-order valence-corrected chi connectivity index (χ1v) is 8.44. The number of ether oxygens (including phenoxy) is 1. The molecule has 2 aromatic carbocycles. The smallest absolute Gasteiger partial charge is 0.120 e. The molecule has 3 rings (SSSR count). The maximum atomic E-state index is 8.82. The van der Waals surface area contributed by atoms with Crippen molar-refractivity contribution in [3.8, 4) is 11.8 Å². The van der Waals surface area contributed by atoms with Crippen LogP contribution in [0.3, 0.4) is 0 Å². The molecule has 1 aliphatic rings. The van der Waals surface area contributed by atoms with Crippen LogP contribution in [0.25, 0.3) is 0 Å². The van der Waals surface area contributed by atoms with E-state index in [9.17, 15) is 0 Å². The van der Waals surface area contributed by atoms with Gasteiger partial charge in [-0.25, -0.2) is 0 Å². The lowest BCUT2D eigenvalue weighted by atomic mass is 10.1. The molecule has 0 bridgehead atoms. The monoisotopic (exact) mass is 355 g/mol. The van der Waals surface area contributed by atoms with Gasteiger partial charge >= 0.3 is 0 Å². The van der Waals surface area contributed by atoms with Crippen LogP contribution in [0.5, 0.6) is 5.75 Å². The fourth-order valence-electron chi connectivity index (χ4n) is 3.03. The molecule has 0 spiro atoms. The Labute approximate surface area is 156 Å². The SMILES string of the molecule is N#Cc1ccc(COc2cccc([C@H](N)CN3CCCC3)c2)cc1.S. The molecular weight excluding hydrogens is 330 g/mol. The number of nitrogens with zero attached hydrogens (tertiary/aromatic N) is 2. The molecule has 1 aliphatic heterocycles. The summed E-state index contributed by atoms with van der Waals surface area (Å²) >= 11 is 0. The van der Waals surface area contributed by atoms with E-state index in [1.807, 2.05) is 30.3 Å². The summed E-state index contributed by atoms with van der Waals surface area (Å²) in [5, 5.41) is 8.82. The van der Waals surface area contributed by atoms with Crippen molar-refractivity contribution in [1.29, 1.82) is 5.26 Å². The van der Waals surface area contributed by atoms with Gasteiger partial charge in [0.05, 0.1) is 11.6 Å². The lowest BCUT2D eigenvalue weighted by molar-refractivity contribution is 0.302. The first-order valence-electron chi connectivity index (χ1n) is 8.44. The molecule has 0 amide bonds. The Morgan fingerprint density at radius 3 is 2.52 bits per heavy atom.